The molecule has 7 heteroatoms. The van der Waals surface area contributed by atoms with Crippen LogP contribution in [0.15, 0.2) is 54.6 Å². The topological polar surface area (TPSA) is 55.6 Å². The summed E-state index contributed by atoms with van der Waals surface area (Å²) in [5, 5.41) is 9.60. The molecule has 1 aliphatic rings. The van der Waals surface area contributed by atoms with E-state index >= 15 is 0 Å². The van der Waals surface area contributed by atoms with Crippen LogP contribution < -0.4 is 5.32 Å². The summed E-state index contributed by atoms with van der Waals surface area (Å²) < 4.78 is 7.61. The van der Waals surface area contributed by atoms with E-state index < -0.39 is 0 Å². The zero-order valence-corrected chi connectivity index (χ0v) is 20.0. The number of nitrogens with zero attached hydrogens (tertiary/aromatic N) is 2. The van der Waals surface area contributed by atoms with Gasteiger partial charge in [-0.25, -0.2) is 4.52 Å². The van der Waals surface area contributed by atoms with E-state index in [0.29, 0.717) is 16.5 Å². The lowest BCUT2D eigenvalue weighted by Crippen LogP contribution is -2.26. The Hall–Kier alpha value is -3.02. The molecule has 2 aromatic heterocycles. The van der Waals surface area contributed by atoms with E-state index in [1.807, 2.05) is 48.7 Å². The van der Waals surface area contributed by atoms with Crippen LogP contribution in [0.2, 0.25) is 10.0 Å². The maximum absolute atomic E-state index is 11.8. The van der Waals surface area contributed by atoms with Gasteiger partial charge in [0.1, 0.15) is 6.10 Å². The number of ether oxygens (including phenoxy) is 1. The first-order valence-electron chi connectivity index (χ1n) is 10.8. The second-order valence-corrected chi connectivity index (χ2v) is 9.31. The van der Waals surface area contributed by atoms with E-state index in [9.17, 15) is 4.79 Å². The van der Waals surface area contributed by atoms with Gasteiger partial charge in [0.05, 0.1) is 33.7 Å². The molecule has 2 heterocycles. The Bertz CT molecular complexity index is 1400. The summed E-state index contributed by atoms with van der Waals surface area (Å²) in [6.07, 6.45) is 0.397. The predicted octanol–water partition coefficient (Wildman–Crippen LogP) is 6.57. The molecule has 0 fully saturated rings. The van der Waals surface area contributed by atoms with Crippen molar-refractivity contribution in [1.29, 1.82) is 0 Å². The lowest BCUT2D eigenvalue weighted by Gasteiger charge is -2.23. The minimum absolute atomic E-state index is 0.159. The zero-order valence-electron chi connectivity index (χ0n) is 18.5. The first-order chi connectivity index (χ1) is 15.8. The van der Waals surface area contributed by atoms with Gasteiger partial charge in [-0.1, -0.05) is 47.5 Å². The maximum Gasteiger partial charge on any atom is 0.302 e. The van der Waals surface area contributed by atoms with E-state index in [1.54, 1.807) is 6.07 Å². The first-order valence-corrected chi connectivity index (χ1v) is 11.5. The molecule has 2 atom stereocenters. The van der Waals surface area contributed by atoms with Gasteiger partial charge in [-0.2, -0.15) is 5.10 Å². The van der Waals surface area contributed by atoms with Crippen molar-refractivity contribution in [1.82, 2.24) is 9.61 Å². The second kappa shape index (κ2) is 8.40. The number of hydrogen-bond acceptors (Lipinski definition) is 4. The minimum atomic E-state index is -0.283. The van der Waals surface area contributed by atoms with Crippen LogP contribution in [-0.2, 0) is 16.0 Å². The average Bonchev–Trinajstić information content (AvgIpc) is 3.25. The molecule has 0 saturated heterocycles. The van der Waals surface area contributed by atoms with Crippen LogP contribution in [0.5, 0.6) is 0 Å². The number of carbonyl (C=O) groups excluding carboxylic acids is 1. The number of halogens is 2. The van der Waals surface area contributed by atoms with Crippen LogP contribution in [0.3, 0.4) is 0 Å². The lowest BCUT2D eigenvalue weighted by atomic mass is 10.1. The molecule has 0 bridgehead atoms. The highest BCUT2D eigenvalue weighted by atomic mass is 35.5. The van der Waals surface area contributed by atoms with Crippen molar-refractivity contribution in [3.05, 3.63) is 87.0 Å². The minimum Gasteiger partial charge on any atom is -0.460 e. The van der Waals surface area contributed by atoms with Crippen molar-refractivity contribution >= 4 is 40.4 Å². The van der Waals surface area contributed by atoms with E-state index in [2.05, 4.69) is 23.5 Å². The molecule has 0 amide bonds. The maximum atomic E-state index is 11.8. The van der Waals surface area contributed by atoms with Gasteiger partial charge in [-0.05, 0) is 60.9 Å². The third kappa shape index (κ3) is 3.96. The summed E-state index contributed by atoms with van der Waals surface area (Å²) in [4.78, 5) is 11.8. The number of carbonyl (C=O) groups is 1. The number of anilines is 1. The van der Waals surface area contributed by atoms with Crippen molar-refractivity contribution in [3.63, 3.8) is 0 Å². The number of aromatic nitrogens is 2. The molecule has 5 nitrogen and oxygen atoms in total. The van der Waals surface area contributed by atoms with Gasteiger partial charge in [-0.3, -0.25) is 4.79 Å². The van der Waals surface area contributed by atoms with Crippen molar-refractivity contribution in [2.75, 3.05) is 5.32 Å². The van der Waals surface area contributed by atoms with Crippen LogP contribution in [0.25, 0.3) is 16.8 Å². The van der Waals surface area contributed by atoms with E-state index in [1.165, 1.54) is 12.5 Å². The van der Waals surface area contributed by atoms with Gasteiger partial charge in [0.15, 0.2) is 0 Å². The molecular formula is C26H23Cl2N3O2. The number of nitrogens with one attached hydrogen (secondary N) is 1. The van der Waals surface area contributed by atoms with Crippen LogP contribution in [0.1, 0.15) is 35.3 Å². The van der Waals surface area contributed by atoms with Gasteiger partial charge < -0.3 is 10.1 Å². The molecular weight excluding hydrogens is 457 g/mol. The van der Waals surface area contributed by atoms with E-state index in [0.717, 1.165) is 39.3 Å². The average molecular weight is 480 g/mol. The van der Waals surface area contributed by atoms with E-state index in [4.69, 9.17) is 33.0 Å². The quantitative estimate of drug-likeness (QED) is 0.336. The van der Waals surface area contributed by atoms with Crippen molar-refractivity contribution in [2.24, 2.45) is 0 Å². The summed E-state index contributed by atoms with van der Waals surface area (Å²) >= 11 is 12.7. The van der Waals surface area contributed by atoms with Crippen LogP contribution >= 0.6 is 23.2 Å². The zero-order chi connectivity index (χ0) is 23.3. The Balaban J connectivity index is 1.63. The molecule has 5 rings (SSSR count). The summed E-state index contributed by atoms with van der Waals surface area (Å²) in [7, 11) is 0. The van der Waals surface area contributed by atoms with Gasteiger partial charge in [0.2, 0.25) is 0 Å². The third-order valence-corrected chi connectivity index (χ3v) is 6.60. The van der Waals surface area contributed by atoms with Gasteiger partial charge >= 0.3 is 5.97 Å². The Labute approximate surface area is 202 Å². The standard InChI is InChI=1S/C26H23Cl2N3O2/c1-14-10-23-22(29-25-19-7-5-4-6-17(19)12-24(25)33-16(3)32)11-15(2)30-31(23)26(14)20-9-8-18(27)13-21(20)28/h4-11,13,24-25,29H,12H2,1-3H3/t24-,25+/m0/s1. The number of aryl methyl sites for hydroxylation is 2. The fourth-order valence-electron chi connectivity index (χ4n) is 4.73. The Morgan fingerprint density at radius 2 is 1.91 bits per heavy atom. The summed E-state index contributed by atoms with van der Waals surface area (Å²) in [5.41, 5.74) is 7.84. The summed E-state index contributed by atoms with van der Waals surface area (Å²) in [6, 6.07) is 17.6. The Morgan fingerprint density at radius 3 is 2.67 bits per heavy atom. The normalized spacial score (nSPS) is 17.2. The highest BCUT2D eigenvalue weighted by Crippen LogP contribution is 2.39. The molecule has 0 aliphatic heterocycles. The molecule has 1 aliphatic carbocycles. The third-order valence-electron chi connectivity index (χ3n) is 6.05. The van der Waals surface area contributed by atoms with E-state index in [-0.39, 0.29) is 18.1 Å². The number of fused-ring (bicyclic) bond motifs is 2. The van der Waals surface area contributed by atoms with Crippen LogP contribution in [-0.4, -0.2) is 21.7 Å². The molecule has 0 radical (unpaired) electrons. The highest BCUT2D eigenvalue weighted by molar-refractivity contribution is 6.36. The highest BCUT2D eigenvalue weighted by Gasteiger charge is 2.35. The van der Waals surface area contributed by atoms with Crippen molar-refractivity contribution < 1.29 is 9.53 Å². The number of hydrogen-bond donors (Lipinski definition) is 1. The molecule has 4 aromatic rings. The molecule has 1 N–H and O–H groups in total. The van der Waals surface area contributed by atoms with Crippen LogP contribution in [0.4, 0.5) is 5.69 Å². The van der Waals surface area contributed by atoms with Gasteiger partial charge in [-0.15, -0.1) is 0 Å². The Kier molecular flexibility index (Phi) is 5.55. The van der Waals surface area contributed by atoms with Crippen molar-refractivity contribution in [3.8, 4) is 11.3 Å². The largest absolute Gasteiger partial charge is 0.460 e. The van der Waals surface area contributed by atoms with Gasteiger partial charge in [0, 0.05) is 23.9 Å². The lowest BCUT2D eigenvalue weighted by molar-refractivity contribution is -0.146. The number of benzene rings is 2. The van der Waals surface area contributed by atoms with Gasteiger partial charge in [0.25, 0.3) is 0 Å². The molecule has 0 spiro atoms. The number of rotatable bonds is 4. The SMILES string of the molecule is CC(=O)O[C@H]1Cc2ccccc2[C@H]1Nc1cc(C)nn2c(-c3ccc(Cl)cc3Cl)c(C)cc12. The smallest absolute Gasteiger partial charge is 0.302 e. The molecule has 0 saturated carbocycles. The Morgan fingerprint density at radius 1 is 1.12 bits per heavy atom. The fraction of sp³-hybridized carbons (Fsp3) is 0.231. The summed E-state index contributed by atoms with van der Waals surface area (Å²) in [6.45, 7) is 5.45. The monoisotopic (exact) mass is 479 g/mol. The molecule has 33 heavy (non-hydrogen) atoms. The first kappa shape index (κ1) is 21.8. The molecule has 168 valence electrons. The van der Waals surface area contributed by atoms with Crippen molar-refractivity contribution in [2.45, 2.75) is 39.3 Å². The van der Waals surface area contributed by atoms with Crippen LogP contribution in [0, 0.1) is 13.8 Å². The fourth-order valence-corrected chi connectivity index (χ4v) is 5.23. The molecule has 0 unspecified atom stereocenters. The summed E-state index contributed by atoms with van der Waals surface area (Å²) in [5.74, 6) is -0.283. The predicted molar refractivity (Wildman–Crippen MR) is 132 cm³/mol. The second-order valence-electron chi connectivity index (χ2n) is 8.47. The molecule has 2 aromatic carbocycles. The number of esters is 1.